The van der Waals surface area contributed by atoms with Gasteiger partial charge in [0.25, 0.3) is 0 Å². The van der Waals surface area contributed by atoms with Crippen LogP contribution < -0.4 is 0 Å². The second-order valence-corrected chi connectivity index (χ2v) is 7.05. The van der Waals surface area contributed by atoms with Crippen molar-refractivity contribution in [3.05, 3.63) is 12.7 Å². The molecule has 2 heteroatoms. The summed E-state index contributed by atoms with van der Waals surface area (Å²) in [7, 11) is 0. The summed E-state index contributed by atoms with van der Waals surface area (Å²) >= 11 is 0. The lowest BCUT2D eigenvalue weighted by Gasteiger charge is -2.25. The molecule has 0 aliphatic carbocycles. The van der Waals surface area contributed by atoms with E-state index in [4.69, 9.17) is 0 Å². The number of hydrogen-bond donors (Lipinski definition) is 0. The quantitative estimate of drug-likeness (QED) is 0.664. The van der Waals surface area contributed by atoms with Crippen LogP contribution in [0.25, 0.3) is 0 Å². The van der Waals surface area contributed by atoms with E-state index in [-0.39, 0.29) is 28.3 Å². The topological polar surface area (TPSA) is 34.1 Å². The molecule has 0 rings (SSSR count). The first-order valence-corrected chi connectivity index (χ1v) is 6.68. The van der Waals surface area contributed by atoms with Crippen LogP contribution in [0, 0.1) is 16.7 Å². The minimum Gasteiger partial charge on any atom is -0.299 e. The van der Waals surface area contributed by atoms with Gasteiger partial charge in [-0.2, -0.15) is 0 Å². The molecule has 0 amide bonds. The SMILES string of the molecule is C=CCC(CCC(=O)C(C)(C)C)C(=O)C(C)(C)C. The zero-order chi connectivity index (χ0) is 14.6. The molecule has 0 saturated heterocycles. The van der Waals surface area contributed by atoms with Gasteiger partial charge >= 0.3 is 0 Å². The standard InChI is InChI=1S/C16H28O2/c1-8-9-12(14(18)16(5,6)7)10-11-13(17)15(2,3)4/h8,12H,1,9-11H2,2-7H3. The van der Waals surface area contributed by atoms with Crippen molar-refractivity contribution in [1.29, 1.82) is 0 Å². The fourth-order valence-electron chi connectivity index (χ4n) is 1.85. The van der Waals surface area contributed by atoms with Crippen LogP contribution in [0.2, 0.25) is 0 Å². The highest BCUT2D eigenvalue weighted by molar-refractivity contribution is 5.87. The van der Waals surface area contributed by atoms with Crippen LogP contribution in [0.1, 0.15) is 60.8 Å². The molecule has 0 aliphatic rings. The smallest absolute Gasteiger partial charge is 0.141 e. The molecule has 0 radical (unpaired) electrons. The predicted molar refractivity (Wildman–Crippen MR) is 76.5 cm³/mol. The molecule has 0 bridgehead atoms. The second kappa shape index (κ2) is 6.31. The lowest BCUT2D eigenvalue weighted by atomic mass is 9.78. The lowest BCUT2D eigenvalue weighted by molar-refractivity contribution is -0.131. The number of allylic oxidation sites excluding steroid dienone is 1. The van der Waals surface area contributed by atoms with E-state index in [1.165, 1.54) is 0 Å². The van der Waals surface area contributed by atoms with Gasteiger partial charge in [-0.1, -0.05) is 47.6 Å². The number of hydrogen-bond acceptors (Lipinski definition) is 2. The van der Waals surface area contributed by atoms with Gasteiger partial charge in [-0.25, -0.2) is 0 Å². The Hall–Kier alpha value is -0.920. The average molecular weight is 252 g/mol. The maximum Gasteiger partial charge on any atom is 0.141 e. The largest absolute Gasteiger partial charge is 0.299 e. The Morgan fingerprint density at radius 2 is 1.56 bits per heavy atom. The Kier molecular flexibility index (Phi) is 5.98. The van der Waals surface area contributed by atoms with Crippen LogP contribution in [0.5, 0.6) is 0 Å². The molecule has 104 valence electrons. The highest BCUT2D eigenvalue weighted by atomic mass is 16.1. The van der Waals surface area contributed by atoms with E-state index in [0.717, 1.165) is 0 Å². The zero-order valence-corrected chi connectivity index (χ0v) is 12.8. The van der Waals surface area contributed by atoms with Gasteiger partial charge in [-0.3, -0.25) is 9.59 Å². The van der Waals surface area contributed by atoms with E-state index < -0.39 is 0 Å². The van der Waals surface area contributed by atoms with Gasteiger partial charge in [0.2, 0.25) is 0 Å². The Morgan fingerprint density at radius 3 is 1.89 bits per heavy atom. The zero-order valence-electron chi connectivity index (χ0n) is 12.8. The van der Waals surface area contributed by atoms with E-state index in [1.54, 1.807) is 6.08 Å². The molecule has 0 spiro atoms. The van der Waals surface area contributed by atoms with Gasteiger partial charge < -0.3 is 0 Å². The maximum absolute atomic E-state index is 12.3. The Labute approximate surface area is 112 Å². The second-order valence-electron chi connectivity index (χ2n) is 7.05. The fraction of sp³-hybridized carbons (Fsp3) is 0.750. The first kappa shape index (κ1) is 17.1. The van der Waals surface area contributed by atoms with E-state index in [0.29, 0.717) is 19.3 Å². The summed E-state index contributed by atoms with van der Waals surface area (Å²) in [4.78, 5) is 24.2. The summed E-state index contributed by atoms with van der Waals surface area (Å²) in [6, 6.07) is 0. The normalized spacial score (nSPS) is 14.1. The monoisotopic (exact) mass is 252 g/mol. The fourth-order valence-corrected chi connectivity index (χ4v) is 1.85. The lowest BCUT2D eigenvalue weighted by Crippen LogP contribution is -2.29. The van der Waals surface area contributed by atoms with Crippen LogP contribution in [0.15, 0.2) is 12.7 Å². The summed E-state index contributed by atoms with van der Waals surface area (Å²) in [6.45, 7) is 15.2. The summed E-state index contributed by atoms with van der Waals surface area (Å²) < 4.78 is 0. The molecule has 0 N–H and O–H groups in total. The van der Waals surface area contributed by atoms with Gasteiger partial charge in [0.1, 0.15) is 11.6 Å². The van der Waals surface area contributed by atoms with Crippen molar-refractivity contribution in [2.24, 2.45) is 16.7 Å². The summed E-state index contributed by atoms with van der Waals surface area (Å²) in [5.41, 5.74) is -0.665. The first-order valence-electron chi connectivity index (χ1n) is 6.68. The Balaban J connectivity index is 4.62. The molecule has 0 heterocycles. The van der Waals surface area contributed by atoms with E-state index in [2.05, 4.69) is 6.58 Å². The van der Waals surface area contributed by atoms with Crippen molar-refractivity contribution < 1.29 is 9.59 Å². The van der Waals surface area contributed by atoms with Crippen LogP contribution >= 0.6 is 0 Å². The number of carbonyl (C=O) groups is 2. The summed E-state index contributed by atoms with van der Waals surface area (Å²) in [5.74, 6) is 0.371. The summed E-state index contributed by atoms with van der Waals surface area (Å²) in [5, 5.41) is 0. The Bertz CT molecular complexity index is 313. The molecule has 0 aromatic heterocycles. The first-order chi connectivity index (χ1) is 8.00. The molecule has 0 aliphatic heterocycles. The number of Topliss-reactive ketones (excluding diaryl/α,β-unsaturated/α-hetero) is 2. The van der Waals surface area contributed by atoms with Crippen molar-refractivity contribution in [3.63, 3.8) is 0 Å². The van der Waals surface area contributed by atoms with E-state index in [9.17, 15) is 9.59 Å². The molecule has 1 atom stereocenters. The van der Waals surface area contributed by atoms with Gasteiger partial charge in [0, 0.05) is 23.2 Å². The molecular weight excluding hydrogens is 224 g/mol. The van der Waals surface area contributed by atoms with Crippen LogP contribution in [0.4, 0.5) is 0 Å². The maximum atomic E-state index is 12.3. The van der Waals surface area contributed by atoms with Gasteiger partial charge in [-0.15, -0.1) is 6.58 Å². The molecule has 0 saturated carbocycles. The minimum absolute atomic E-state index is 0.0752. The molecule has 1 unspecified atom stereocenters. The highest BCUT2D eigenvalue weighted by Crippen LogP contribution is 2.27. The van der Waals surface area contributed by atoms with Gasteiger partial charge in [0.15, 0.2) is 0 Å². The van der Waals surface area contributed by atoms with E-state index >= 15 is 0 Å². The molecule has 2 nitrogen and oxygen atoms in total. The third kappa shape index (κ3) is 5.61. The third-order valence-corrected chi connectivity index (χ3v) is 3.12. The van der Waals surface area contributed by atoms with Crippen molar-refractivity contribution in [2.75, 3.05) is 0 Å². The number of rotatable bonds is 6. The molecule has 18 heavy (non-hydrogen) atoms. The molecule has 0 aromatic rings. The van der Waals surface area contributed by atoms with Crippen LogP contribution in [-0.2, 0) is 9.59 Å². The molecule has 0 fully saturated rings. The predicted octanol–water partition coefficient (Wildman–Crippen LogP) is 4.19. The number of ketones is 2. The summed E-state index contributed by atoms with van der Waals surface area (Å²) in [6.07, 6.45) is 3.55. The van der Waals surface area contributed by atoms with Gasteiger partial charge in [0.05, 0.1) is 0 Å². The van der Waals surface area contributed by atoms with Crippen molar-refractivity contribution in [2.45, 2.75) is 60.8 Å². The van der Waals surface area contributed by atoms with Gasteiger partial charge in [-0.05, 0) is 12.8 Å². The van der Waals surface area contributed by atoms with Crippen molar-refractivity contribution >= 4 is 11.6 Å². The molecular formula is C16H28O2. The van der Waals surface area contributed by atoms with Crippen LogP contribution in [-0.4, -0.2) is 11.6 Å². The minimum atomic E-state index is -0.349. The Morgan fingerprint density at radius 1 is 1.06 bits per heavy atom. The van der Waals surface area contributed by atoms with E-state index in [1.807, 2.05) is 41.5 Å². The number of carbonyl (C=O) groups excluding carboxylic acids is 2. The van der Waals surface area contributed by atoms with Crippen molar-refractivity contribution in [3.8, 4) is 0 Å². The molecule has 0 aromatic carbocycles. The van der Waals surface area contributed by atoms with Crippen LogP contribution in [0.3, 0.4) is 0 Å². The highest BCUT2D eigenvalue weighted by Gasteiger charge is 2.30. The third-order valence-electron chi connectivity index (χ3n) is 3.12. The average Bonchev–Trinajstić information content (AvgIpc) is 2.19. The van der Waals surface area contributed by atoms with Crippen molar-refractivity contribution in [1.82, 2.24) is 0 Å².